The molecule has 1 spiro atoms. The largest absolute Gasteiger partial charge is 0.369 e. The van der Waals surface area contributed by atoms with Crippen LogP contribution in [0.5, 0.6) is 0 Å². The van der Waals surface area contributed by atoms with Crippen LogP contribution in [0, 0.1) is 19.2 Å². The van der Waals surface area contributed by atoms with E-state index in [2.05, 4.69) is 66.2 Å². The first kappa shape index (κ1) is 24.5. The SMILES string of the molecule is Cc1ccc(-c2[c-]nccc2)[c-]c1-c1cc2c(c[n+]1C)[Si]1(CCCCC1)CCC2.[B].[Y]. The topological polar surface area (TPSA) is 16.8 Å². The molecule has 4 radical (unpaired) electrons. The Morgan fingerprint density at radius 3 is 2.52 bits per heavy atom. The standard InChI is InChI=1S/C26H29N2Si.B.Y/c1-20-10-11-21(23-8-6-12-27-18-23)16-24(20)25-17-22-9-7-15-29(13-4-3-5-14-29)26(22)19-28(25)2;;/h6,8,10-12,17,19H,3-5,7,9,13-15H2,1-2H3;;/q-1;;. The average Bonchev–Trinajstić information content (AvgIpc) is 2.76. The van der Waals surface area contributed by atoms with Gasteiger partial charge in [-0.25, -0.2) is 4.57 Å². The Morgan fingerprint density at radius 1 is 1.00 bits per heavy atom. The normalized spacial score (nSPS) is 16.7. The minimum absolute atomic E-state index is 0. The molecule has 154 valence electrons. The fourth-order valence-electron chi connectivity index (χ4n) is 5.59. The van der Waals surface area contributed by atoms with Crippen LogP contribution < -0.4 is 9.75 Å². The van der Waals surface area contributed by atoms with Crippen molar-refractivity contribution in [1.82, 2.24) is 4.98 Å². The summed E-state index contributed by atoms with van der Waals surface area (Å²) in [5.41, 5.74) is 7.46. The van der Waals surface area contributed by atoms with E-state index in [1.807, 2.05) is 6.07 Å². The van der Waals surface area contributed by atoms with E-state index in [0.29, 0.717) is 0 Å². The van der Waals surface area contributed by atoms with Gasteiger partial charge in [0.05, 0.1) is 8.07 Å². The van der Waals surface area contributed by atoms with E-state index in [9.17, 15) is 0 Å². The predicted molar refractivity (Wildman–Crippen MR) is 126 cm³/mol. The van der Waals surface area contributed by atoms with E-state index in [4.69, 9.17) is 0 Å². The van der Waals surface area contributed by atoms with Crippen LogP contribution in [0.25, 0.3) is 22.4 Å². The van der Waals surface area contributed by atoms with Crippen molar-refractivity contribution in [3.05, 3.63) is 66.1 Å². The second-order valence-corrected chi connectivity index (χ2v) is 13.6. The zero-order valence-corrected chi connectivity index (χ0v) is 22.6. The smallest absolute Gasteiger partial charge is 0.161 e. The van der Waals surface area contributed by atoms with Gasteiger partial charge in [-0.05, 0) is 18.1 Å². The van der Waals surface area contributed by atoms with E-state index in [1.54, 1.807) is 16.9 Å². The predicted octanol–water partition coefficient (Wildman–Crippen LogP) is 4.55. The van der Waals surface area contributed by atoms with E-state index >= 15 is 0 Å². The summed E-state index contributed by atoms with van der Waals surface area (Å²) in [7, 11) is 0.960. The van der Waals surface area contributed by atoms with E-state index < -0.39 is 8.07 Å². The Bertz CT molecular complexity index is 1050. The van der Waals surface area contributed by atoms with Crippen LogP contribution in [0.4, 0.5) is 0 Å². The molecule has 0 unspecified atom stereocenters. The van der Waals surface area contributed by atoms with Crippen molar-refractivity contribution in [3.63, 3.8) is 0 Å². The quantitative estimate of drug-likeness (QED) is 0.289. The summed E-state index contributed by atoms with van der Waals surface area (Å²) in [6.45, 7) is 2.19. The number of nitrogens with zero attached hydrogens (tertiary/aromatic N) is 2. The van der Waals surface area contributed by atoms with Crippen molar-refractivity contribution >= 4 is 21.7 Å². The third-order valence-corrected chi connectivity index (χ3v) is 12.7. The molecule has 0 bridgehead atoms. The molecule has 5 heteroatoms. The van der Waals surface area contributed by atoms with Crippen LogP contribution in [0.3, 0.4) is 0 Å². The maximum atomic E-state index is 4.16. The number of hydrogen-bond donors (Lipinski definition) is 0. The zero-order valence-electron chi connectivity index (χ0n) is 18.7. The van der Waals surface area contributed by atoms with Gasteiger partial charge in [0.1, 0.15) is 12.7 Å². The van der Waals surface area contributed by atoms with Crippen LogP contribution in [-0.4, -0.2) is 21.5 Å². The molecule has 2 aromatic heterocycles. The Morgan fingerprint density at radius 2 is 1.77 bits per heavy atom. The van der Waals surface area contributed by atoms with Crippen LogP contribution in [0.15, 0.2) is 42.7 Å². The molecule has 0 saturated carbocycles. The first-order valence-electron chi connectivity index (χ1n) is 11.1. The van der Waals surface area contributed by atoms with Gasteiger partial charge in [-0.1, -0.05) is 68.7 Å². The molecule has 1 saturated heterocycles. The van der Waals surface area contributed by atoms with E-state index in [1.165, 1.54) is 67.1 Å². The van der Waals surface area contributed by atoms with Gasteiger partial charge in [-0.3, -0.25) is 0 Å². The second kappa shape index (κ2) is 10.2. The van der Waals surface area contributed by atoms with Crippen LogP contribution in [-0.2, 0) is 46.2 Å². The first-order valence-corrected chi connectivity index (χ1v) is 13.7. The number of rotatable bonds is 2. The summed E-state index contributed by atoms with van der Waals surface area (Å²) in [6.07, 6.45) is 14.4. The molecule has 2 aliphatic rings. The third-order valence-electron chi connectivity index (χ3n) is 7.15. The van der Waals surface area contributed by atoms with Crippen LogP contribution >= 0.6 is 0 Å². The van der Waals surface area contributed by atoms with E-state index in [-0.39, 0.29) is 41.1 Å². The molecule has 3 aromatic rings. The summed E-state index contributed by atoms with van der Waals surface area (Å²) < 4.78 is 2.38. The van der Waals surface area contributed by atoms with Gasteiger partial charge in [0, 0.05) is 46.3 Å². The average molecular weight is 497 g/mol. The van der Waals surface area contributed by atoms with Gasteiger partial charge in [0.25, 0.3) is 0 Å². The number of hydrogen-bond acceptors (Lipinski definition) is 1. The van der Waals surface area contributed by atoms with Crippen molar-refractivity contribution in [3.8, 4) is 22.4 Å². The van der Waals surface area contributed by atoms with Crippen molar-refractivity contribution in [1.29, 1.82) is 0 Å². The summed E-state index contributed by atoms with van der Waals surface area (Å²) in [5.74, 6) is 0. The Labute approximate surface area is 215 Å². The summed E-state index contributed by atoms with van der Waals surface area (Å²) in [4.78, 5) is 4.16. The molecular weight excluding hydrogens is 468 g/mol. The molecule has 31 heavy (non-hydrogen) atoms. The molecule has 5 rings (SSSR count). The molecule has 0 N–H and O–H groups in total. The zero-order chi connectivity index (χ0) is 19.8. The van der Waals surface area contributed by atoms with Gasteiger partial charge in [-0.2, -0.15) is 29.3 Å². The minimum Gasteiger partial charge on any atom is -0.369 e. The molecule has 0 aliphatic carbocycles. The van der Waals surface area contributed by atoms with E-state index in [0.717, 1.165) is 11.1 Å². The van der Waals surface area contributed by atoms with Crippen LogP contribution in [0.2, 0.25) is 18.1 Å². The fraction of sp³-hybridized carbons (Fsp3) is 0.385. The summed E-state index contributed by atoms with van der Waals surface area (Å²) in [6, 6.07) is 19.1. The molecule has 0 atom stereocenters. The molecule has 1 aromatic carbocycles. The number of pyridine rings is 2. The Balaban J connectivity index is 0.00000136. The minimum atomic E-state index is -1.27. The van der Waals surface area contributed by atoms with Gasteiger partial charge in [-0.15, -0.1) is 17.7 Å². The molecule has 1 fully saturated rings. The molecule has 4 heterocycles. The fourth-order valence-corrected chi connectivity index (χ4v) is 11.2. The second-order valence-electron chi connectivity index (χ2n) is 9.00. The number of aromatic nitrogens is 2. The maximum Gasteiger partial charge on any atom is 0.161 e. The third kappa shape index (κ3) is 4.67. The van der Waals surface area contributed by atoms with Crippen molar-refractivity contribution in [2.24, 2.45) is 7.05 Å². The maximum absolute atomic E-state index is 4.16. The van der Waals surface area contributed by atoms with Crippen LogP contribution in [0.1, 0.15) is 36.8 Å². The van der Waals surface area contributed by atoms with Gasteiger partial charge in [0.2, 0.25) is 0 Å². The van der Waals surface area contributed by atoms with Crippen molar-refractivity contribution in [2.45, 2.75) is 57.2 Å². The van der Waals surface area contributed by atoms with Gasteiger partial charge >= 0.3 is 0 Å². The van der Waals surface area contributed by atoms with Crippen molar-refractivity contribution in [2.75, 3.05) is 0 Å². The summed E-state index contributed by atoms with van der Waals surface area (Å²) >= 11 is 0. The number of fused-ring (bicyclic) bond motifs is 2. The van der Waals surface area contributed by atoms with Gasteiger partial charge < -0.3 is 4.98 Å². The molecule has 2 nitrogen and oxygen atoms in total. The molecule has 0 amide bonds. The molecular formula is C26H29BN2SiY-. The Kier molecular flexibility index (Phi) is 8.10. The number of aryl methyl sites for hydroxylation is 3. The first-order chi connectivity index (χ1) is 14.2. The van der Waals surface area contributed by atoms with Gasteiger partial charge in [0.15, 0.2) is 6.20 Å². The monoisotopic (exact) mass is 497 g/mol. The number of benzene rings is 1. The Hall–Kier alpha value is -1.09. The summed E-state index contributed by atoms with van der Waals surface area (Å²) in [5, 5.41) is 1.77. The molecule has 2 aliphatic heterocycles. The van der Waals surface area contributed by atoms with Crippen molar-refractivity contribution < 1.29 is 37.3 Å².